The van der Waals surface area contributed by atoms with Gasteiger partial charge in [-0.15, -0.1) is 0 Å². The number of hydrogen-bond donors (Lipinski definition) is 4. The van der Waals surface area contributed by atoms with Crippen LogP contribution in [-0.2, 0) is 9.53 Å². The number of aryl methyl sites for hydroxylation is 1. The van der Waals surface area contributed by atoms with Gasteiger partial charge in [-0.3, -0.25) is 15.3 Å². The van der Waals surface area contributed by atoms with Crippen molar-refractivity contribution in [3.8, 4) is 5.75 Å². The molecule has 8 heteroatoms. The van der Waals surface area contributed by atoms with Crippen LogP contribution in [0.1, 0.15) is 24.2 Å². The molecule has 0 spiro atoms. The van der Waals surface area contributed by atoms with Crippen molar-refractivity contribution in [3.63, 3.8) is 0 Å². The molecule has 0 bridgehead atoms. The topological polar surface area (TPSA) is 108 Å². The minimum Gasteiger partial charge on any atom is -0.508 e. The third-order valence-electron chi connectivity index (χ3n) is 3.97. The Morgan fingerprint density at radius 3 is 2.50 bits per heavy atom. The van der Waals surface area contributed by atoms with Gasteiger partial charge in [-0.25, -0.2) is 10.3 Å². The van der Waals surface area contributed by atoms with Crippen LogP contribution in [0.2, 0.25) is 0 Å². The lowest BCUT2D eigenvalue weighted by atomic mass is 9.96. The molecule has 2 rings (SSSR count). The highest BCUT2D eigenvalue weighted by Gasteiger charge is 2.25. The molecule has 2 aromatic rings. The summed E-state index contributed by atoms with van der Waals surface area (Å²) in [5, 5.41) is 21.5. The fourth-order valence-electron chi connectivity index (χ4n) is 2.48. The summed E-state index contributed by atoms with van der Waals surface area (Å²) < 4.78 is 6.42. The Bertz CT molecular complexity index is 867. The van der Waals surface area contributed by atoms with Gasteiger partial charge in [0.05, 0.1) is 0 Å². The highest BCUT2D eigenvalue weighted by atomic mass is 127. The first-order valence-corrected chi connectivity index (χ1v) is 9.53. The molecule has 0 unspecified atom stereocenters. The number of benzene rings is 2. The Labute approximate surface area is 176 Å². The maximum absolute atomic E-state index is 12.4. The fourth-order valence-corrected chi connectivity index (χ4v) is 3.00. The van der Waals surface area contributed by atoms with Crippen molar-refractivity contribution in [2.45, 2.75) is 20.0 Å². The van der Waals surface area contributed by atoms with E-state index in [1.165, 1.54) is 17.6 Å². The molecule has 0 heterocycles. The van der Waals surface area contributed by atoms with Gasteiger partial charge in [-0.2, -0.15) is 0 Å². The first-order valence-electron chi connectivity index (χ1n) is 8.45. The third-order valence-corrected chi connectivity index (χ3v) is 4.64. The number of carbonyl (C=O) groups is 2. The van der Waals surface area contributed by atoms with E-state index in [1.807, 2.05) is 19.1 Å². The zero-order chi connectivity index (χ0) is 20.7. The van der Waals surface area contributed by atoms with E-state index >= 15 is 0 Å². The van der Waals surface area contributed by atoms with E-state index in [4.69, 9.17) is 9.94 Å². The van der Waals surface area contributed by atoms with Crippen LogP contribution >= 0.6 is 22.6 Å². The van der Waals surface area contributed by atoms with E-state index in [0.717, 1.165) is 15.2 Å². The summed E-state index contributed by atoms with van der Waals surface area (Å²) in [6.45, 7) is 3.67. The maximum Gasteiger partial charge on any atom is 0.412 e. The number of rotatable bonds is 6. The predicted molar refractivity (Wildman–Crippen MR) is 113 cm³/mol. The number of hydrogen-bond acceptors (Lipinski definition) is 5. The van der Waals surface area contributed by atoms with E-state index in [-0.39, 0.29) is 5.75 Å². The summed E-state index contributed by atoms with van der Waals surface area (Å²) in [5.74, 6) is -1.20. The summed E-state index contributed by atoms with van der Waals surface area (Å²) in [7, 11) is 0. The number of halogens is 1. The second kappa shape index (κ2) is 10.1. The Balaban J connectivity index is 2.25. The maximum atomic E-state index is 12.4. The Kier molecular flexibility index (Phi) is 7.82. The molecule has 2 amide bonds. The van der Waals surface area contributed by atoms with E-state index in [2.05, 4.69) is 27.9 Å². The minimum atomic E-state index is -0.858. The smallest absolute Gasteiger partial charge is 0.412 e. The van der Waals surface area contributed by atoms with Crippen LogP contribution in [0.15, 0.2) is 54.6 Å². The van der Waals surface area contributed by atoms with E-state index < -0.39 is 24.0 Å². The number of phenolic OH excluding ortho intramolecular Hbond substituents is 1. The first-order chi connectivity index (χ1) is 13.3. The number of aromatic hydroxyl groups is 1. The number of nitrogens with one attached hydrogen (secondary N) is 2. The molecule has 2 atom stereocenters. The highest BCUT2D eigenvalue weighted by molar-refractivity contribution is 14.1. The predicted octanol–water partition coefficient (Wildman–Crippen LogP) is 4.29. The molecule has 0 aliphatic heterocycles. The van der Waals surface area contributed by atoms with Crippen molar-refractivity contribution in [2.24, 2.45) is 5.92 Å². The van der Waals surface area contributed by atoms with E-state index in [0.29, 0.717) is 11.3 Å². The third kappa shape index (κ3) is 6.24. The number of carbonyl (C=O) groups excluding carboxylic acids is 2. The van der Waals surface area contributed by atoms with Crippen molar-refractivity contribution in [1.82, 2.24) is 5.48 Å². The van der Waals surface area contributed by atoms with Gasteiger partial charge in [0.15, 0.2) is 0 Å². The Morgan fingerprint density at radius 2 is 1.86 bits per heavy atom. The molecular weight excluding hydrogens is 475 g/mol. The van der Waals surface area contributed by atoms with Crippen molar-refractivity contribution in [1.29, 1.82) is 0 Å². The van der Waals surface area contributed by atoms with Gasteiger partial charge in [0.25, 0.3) is 5.91 Å². The second-order valence-electron chi connectivity index (χ2n) is 6.21. The Hall–Kier alpha value is -2.59. The summed E-state index contributed by atoms with van der Waals surface area (Å²) in [6, 6.07) is 12.2. The monoisotopic (exact) mass is 496 g/mol. The molecule has 2 aromatic carbocycles. The second-order valence-corrected chi connectivity index (χ2v) is 7.46. The van der Waals surface area contributed by atoms with Gasteiger partial charge in [0.2, 0.25) is 0 Å². The molecule has 0 radical (unpaired) electrons. The molecule has 7 nitrogen and oxygen atoms in total. The fraction of sp³-hybridized carbons (Fsp3) is 0.200. The standard InChI is InChI=1S/C20H21IN2O5/c1-12-3-7-15(8-4-12)22-20(26)28-19(13(2)5-10-18(25)23-27)16-11-14(21)6-9-17(16)24/h3-11,13,19,24,27H,1-2H3,(H,22,26)(H,23,25)/b10-5+/t13-,19-/m1/s1. The average Bonchev–Trinajstić information content (AvgIpc) is 2.67. The molecule has 4 N–H and O–H groups in total. The molecule has 0 saturated carbocycles. The molecule has 28 heavy (non-hydrogen) atoms. The molecule has 0 aliphatic rings. The van der Waals surface area contributed by atoms with Crippen LogP contribution in [-0.4, -0.2) is 22.3 Å². The van der Waals surface area contributed by atoms with E-state index in [9.17, 15) is 14.7 Å². The quantitative estimate of drug-likeness (QED) is 0.207. The normalized spacial score (nSPS) is 13.0. The van der Waals surface area contributed by atoms with Gasteiger partial charge < -0.3 is 9.84 Å². The van der Waals surface area contributed by atoms with Gasteiger partial charge in [-0.1, -0.05) is 30.7 Å². The largest absolute Gasteiger partial charge is 0.508 e. The minimum absolute atomic E-state index is 0.0274. The lowest BCUT2D eigenvalue weighted by molar-refractivity contribution is -0.124. The lowest BCUT2D eigenvalue weighted by Gasteiger charge is -2.23. The number of hydroxylamine groups is 1. The van der Waals surface area contributed by atoms with Crippen LogP contribution in [0.25, 0.3) is 0 Å². The molecular formula is C20H21IN2O5. The zero-order valence-electron chi connectivity index (χ0n) is 15.3. The van der Waals surface area contributed by atoms with Gasteiger partial charge >= 0.3 is 6.09 Å². The molecule has 0 fully saturated rings. The van der Waals surface area contributed by atoms with Gasteiger partial charge in [0, 0.05) is 26.8 Å². The zero-order valence-corrected chi connectivity index (χ0v) is 17.5. The van der Waals surface area contributed by atoms with Crippen molar-refractivity contribution in [2.75, 3.05) is 5.32 Å². The lowest BCUT2D eigenvalue weighted by Crippen LogP contribution is -2.22. The van der Waals surface area contributed by atoms with E-state index in [1.54, 1.807) is 31.2 Å². The first kappa shape index (κ1) is 21.7. The average molecular weight is 496 g/mol. The van der Waals surface area contributed by atoms with Crippen LogP contribution in [0.5, 0.6) is 5.75 Å². The Morgan fingerprint density at radius 1 is 1.18 bits per heavy atom. The number of ether oxygens (including phenoxy) is 1. The van der Waals surface area contributed by atoms with Gasteiger partial charge in [0.1, 0.15) is 11.9 Å². The van der Waals surface area contributed by atoms with Crippen molar-refractivity contribution >= 4 is 40.3 Å². The van der Waals surface area contributed by atoms with Gasteiger partial charge in [-0.05, 0) is 59.8 Å². The summed E-state index contributed by atoms with van der Waals surface area (Å²) in [5.41, 5.74) is 3.54. The molecule has 148 valence electrons. The van der Waals surface area contributed by atoms with Crippen LogP contribution < -0.4 is 10.8 Å². The summed E-state index contributed by atoms with van der Waals surface area (Å²) in [4.78, 5) is 23.7. The summed E-state index contributed by atoms with van der Waals surface area (Å²) in [6.07, 6.45) is 1.06. The molecule has 0 saturated heterocycles. The van der Waals surface area contributed by atoms with Crippen LogP contribution in [0.3, 0.4) is 0 Å². The summed E-state index contributed by atoms with van der Waals surface area (Å²) >= 11 is 2.09. The highest BCUT2D eigenvalue weighted by Crippen LogP contribution is 2.34. The van der Waals surface area contributed by atoms with Crippen LogP contribution in [0.4, 0.5) is 10.5 Å². The molecule has 0 aliphatic carbocycles. The number of anilines is 1. The number of phenols is 1. The van der Waals surface area contributed by atoms with Crippen molar-refractivity contribution in [3.05, 3.63) is 69.3 Å². The molecule has 0 aromatic heterocycles. The van der Waals surface area contributed by atoms with Crippen molar-refractivity contribution < 1.29 is 24.6 Å². The van der Waals surface area contributed by atoms with Crippen LogP contribution in [0, 0.1) is 16.4 Å². The SMILES string of the molecule is Cc1ccc(NC(=O)O[C@@H](c2cc(I)ccc2O)[C@H](C)/C=C/C(=O)NO)cc1. The number of amides is 2.